The van der Waals surface area contributed by atoms with Gasteiger partial charge in [-0.3, -0.25) is 0 Å². The van der Waals surface area contributed by atoms with Crippen molar-refractivity contribution < 1.29 is 19.7 Å². The van der Waals surface area contributed by atoms with Crippen LogP contribution in [0.25, 0.3) is 0 Å². The summed E-state index contributed by atoms with van der Waals surface area (Å²) in [4.78, 5) is 0. The second kappa shape index (κ2) is 5.36. The molecule has 0 aromatic heterocycles. The molecule has 0 aliphatic heterocycles. The first-order valence-electron chi connectivity index (χ1n) is 5.40. The number of rotatable bonds is 3. The molecule has 2 rings (SSSR count). The lowest BCUT2D eigenvalue weighted by Gasteiger charge is -2.11. The average molecular weight is 328 g/mol. The highest BCUT2D eigenvalue weighted by molar-refractivity contribution is 9.10. The smallest absolute Gasteiger partial charge is 0.200 e. The summed E-state index contributed by atoms with van der Waals surface area (Å²) < 4.78 is 13.5. The van der Waals surface area contributed by atoms with Crippen LogP contribution in [-0.4, -0.2) is 15.3 Å². The summed E-state index contributed by atoms with van der Waals surface area (Å²) in [7, 11) is 0. The van der Waals surface area contributed by atoms with E-state index in [9.17, 15) is 19.7 Å². The molecular formula is C13H11BrFNO3. The number of aromatic hydroxyl groups is 3. The van der Waals surface area contributed by atoms with Crippen molar-refractivity contribution in [3.8, 4) is 17.2 Å². The first-order chi connectivity index (χ1) is 8.99. The highest BCUT2D eigenvalue weighted by atomic mass is 79.9. The number of nitrogens with one attached hydrogen (secondary N) is 1. The van der Waals surface area contributed by atoms with E-state index in [0.29, 0.717) is 15.7 Å². The Morgan fingerprint density at radius 3 is 2.47 bits per heavy atom. The van der Waals surface area contributed by atoms with Gasteiger partial charge in [-0.1, -0.05) is 0 Å². The Bertz CT molecular complexity index is 619. The summed E-state index contributed by atoms with van der Waals surface area (Å²) in [6.45, 7) is 0.212. The topological polar surface area (TPSA) is 72.7 Å². The van der Waals surface area contributed by atoms with Gasteiger partial charge in [0.2, 0.25) is 5.75 Å². The predicted molar refractivity (Wildman–Crippen MR) is 72.9 cm³/mol. The van der Waals surface area contributed by atoms with Crippen LogP contribution in [0.1, 0.15) is 5.56 Å². The van der Waals surface area contributed by atoms with Gasteiger partial charge >= 0.3 is 0 Å². The van der Waals surface area contributed by atoms with E-state index < -0.39 is 5.75 Å². The van der Waals surface area contributed by atoms with E-state index in [2.05, 4.69) is 21.2 Å². The Morgan fingerprint density at radius 2 is 1.79 bits per heavy atom. The molecule has 0 aliphatic rings. The molecule has 0 radical (unpaired) electrons. The molecule has 0 saturated carbocycles. The molecule has 4 nitrogen and oxygen atoms in total. The minimum atomic E-state index is -0.558. The monoisotopic (exact) mass is 327 g/mol. The van der Waals surface area contributed by atoms with Gasteiger partial charge in [-0.05, 0) is 46.3 Å². The second-order valence-corrected chi connectivity index (χ2v) is 4.77. The number of phenols is 3. The van der Waals surface area contributed by atoms with Crippen LogP contribution in [0.15, 0.2) is 34.8 Å². The van der Waals surface area contributed by atoms with Gasteiger partial charge in [0.15, 0.2) is 11.5 Å². The van der Waals surface area contributed by atoms with E-state index in [4.69, 9.17) is 0 Å². The van der Waals surface area contributed by atoms with Gasteiger partial charge in [-0.2, -0.15) is 0 Å². The van der Waals surface area contributed by atoms with Crippen LogP contribution in [0.3, 0.4) is 0 Å². The zero-order chi connectivity index (χ0) is 14.0. The number of benzene rings is 2. The van der Waals surface area contributed by atoms with Crippen molar-refractivity contribution in [2.24, 2.45) is 0 Å². The van der Waals surface area contributed by atoms with Crippen molar-refractivity contribution >= 4 is 21.6 Å². The number of hydrogen-bond donors (Lipinski definition) is 4. The van der Waals surface area contributed by atoms with Gasteiger partial charge in [0.05, 0.1) is 0 Å². The lowest BCUT2D eigenvalue weighted by molar-refractivity contribution is 0.365. The molecular weight excluding hydrogens is 317 g/mol. The fraction of sp³-hybridized carbons (Fsp3) is 0.0769. The number of hydrogen-bond acceptors (Lipinski definition) is 4. The minimum Gasteiger partial charge on any atom is -0.504 e. The third kappa shape index (κ3) is 2.90. The number of phenolic OH excluding ortho intramolecular Hbond substituents is 3. The largest absolute Gasteiger partial charge is 0.504 e. The molecule has 0 amide bonds. The van der Waals surface area contributed by atoms with Crippen LogP contribution in [0.5, 0.6) is 17.2 Å². The maximum absolute atomic E-state index is 12.9. The van der Waals surface area contributed by atoms with E-state index in [0.717, 1.165) is 0 Å². The maximum Gasteiger partial charge on any atom is 0.200 e. The molecule has 0 unspecified atom stereocenters. The Kier molecular flexibility index (Phi) is 3.80. The van der Waals surface area contributed by atoms with Crippen LogP contribution < -0.4 is 5.32 Å². The highest BCUT2D eigenvalue weighted by Crippen LogP contribution is 2.37. The molecule has 4 N–H and O–H groups in total. The van der Waals surface area contributed by atoms with Gasteiger partial charge in [0, 0.05) is 22.3 Å². The van der Waals surface area contributed by atoms with Crippen molar-refractivity contribution in [2.75, 3.05) is 5.32 Å². The predicted octanol–water partition coefficient (Wildman–Crippen LogP) is 3.32. The van der Waals surface area contributed by atoms with Gasteiger partial charge in [-0.15, -0.1) is 0 Å². The molecule has 0 spiro atoms. The Labute approximate surface area is 117 Å². The molecule has 0 aliphatic carbocycles. The molecule has 6 heteroatoms. The molecule has 100 valence electrons. The summed E-state index contributed by atoms with van der Waals surface area (Å²) >= 11 is 3.21. The second-order valence-electron chi connectivity index (χ2n) is 3.92. The summed E-state index contributed by atoms with van der Waals surface area (Å²) in [5, 5.41) is 31.2. The fourth-order valence-corrected chi connectivity index (χ4v) is 2.07. The first-order valence-corrected chi connectivity index (χ1v) is 6.20. The van der Waals surface area contributed by atoms with E-state index in [1.807, 2.05) is 0 Å². The first kappa shape index (κ1) is 13.5. The Balaban J connectivity index is 2.17. The normalized spacial score (nSPS) is 10.4. The molecule has 19 heavy (non-hydrogen) atoms. The fourth-order valence-electron chi connectivity index (χ4n) is 1.58. The van der Waals surface area contributed by atoms with Crippen LogP contribution in [0, 0.1) is 5.82 Å². The molecule has 0 bridgehead atoms. The molecule has 0 fully saturated rings. The van der Waals surface area contributed by atoms with Crippen molar-refractivity contribution in [2.45, 2.75) is 6.54 Å². The molecule has 0 atom stereocenters. The third-order valence-corrected chi connectivity index (χ3v) is 3.27. The number of halogens is 2. The summed E-state index contributed by atoms with van der Waals surface area (Å²) in [5.74, 6) is -1.69. The van der Waals surface area contributed by atoms with Crippen molar-refractivity contribution in [1.29, 1.82) is 0 Å². The van der Waals surface area contributed by atoms with E-state index in [1.165, 1.54) is 24.3 Å². The van der Waals surface area contributed by atoms with Crippen molar-refractivity contribution in [3.63, 3.8) is 0 Å². The average Bonchev–Trinajstić information content (AvgIpc) is 2.37. The maximum atomic E-state index is 12.9. The summed E-state index contributed by atoms with van der Waals surface area (Å²) in [5.41, 5.74) is 1.06. The zero-order valence-corrected chi connectivity index (χ0v) is 11.3. The lowest BCUT2D eigenvalue weighted by atomic mass is 10.1. The van der Waals surface area contributed by atoms with Crippen LogP contribution in [-0.2, 0) is 6.54 Å². The number of anilines is 1. The highest BCUT2D eigenvalue weighted by Gasteiger charge is 2.11. The van der Waals surface area contributed by atoms with E-state index >= 15 is 0 Å². The van der Waals surface area contributed by atoms with Crippen LogP contribution in [0.4, 0.5) is 10.1 Å². The Morgan fingerprint density at radius 1 is 1.05 bits per heavy atom. The summed E-state index contributed by atoms with van der Waals surface area (Å²) in [6, 6.07) is 6.94. The van der Waals surface area contributed by atoms with Crippen LogP contribution in [0.2, 0.25) is 0 Å². The molecule has 0 heterocycles. The minimum absolute atomic E-state index is 0.212. The standard InChI is InChI=1S/C13H11BrFNO3/c14-9-5-8(15)2-3-10(9)16-6-7-1-4-11(17)13(19)12(7)18/h1-5,16-19H,6H2. The zero-order valence-electron chi connectivity index (χ0n) is 9.69. The van der Waals surface area contributed by atoms with Gasteiger partial charge in [0.25, 0.3) is 0 Å². The van der Waals surface area contributed by atoms with E-state index in [1.54, 1.807) is 6.07 Å². The SMILES string of the molecule is Oc1ccc(CNc2ccc(F)cc2Br)c(O)c1O. The Hall–Kier alpha value is -1.95. The molecule has 0 saturated heterocycles. The van der Waals surface area contributed by atoms with Crippen LogP contribution >= 0.6 is 15.9 Å². The van der Waals surface area contributed by atoms with Gasteiger partial charge in [-0.25, -0.2) is 4.39 Å². The lowest BCUT2D eigenvalue weighted by Crippen LogP contribution is -2.00. The molecule has 2 aromatic carbocycles. The van der Waals surface area contributed by atoms with Crippen molar-refractivity contribution in [1.82, 2.24) is 0 Å². The van der Waals surface area contributed by atoms with E-state index in [-0.39, 0.29) is 23.9 Å². The van der Waals surface area contributed by atoms with Crippen molar-refractivity contribution in [3.05, 3.63) is 46.2 Å². The van der Waals surface area contributed by atoms with Gasteiger partial charge in [0.1, 0.15) is 5.82 Å². The van der Waals surface area contributed by atoms with Gasteiger partial charge < -0.3 is 20.6 Å². The quantitative estimate of drug-likeness (QED) is 0.652. The third-order valence-electron chi connectivity index (χ3n) is 2.61. The summed E-state index contributed by atoms with van der Waals surface area (Å²) in [6.07, 6.45) is 0. The molecule has 2 aromatic rings.